The molecule has 146 valence electrons. The van der Waals surface area contributed by atoms with Gasteiger partial charge in [-0.05, 0) is 25.5 Å². The van der Waals surface area contributed by atoms with Crippen molar-refractivity contribution in [3.05, 3.63) is 29.3 Å². The molecule has 0 radical (unpaired) electrons. The van der Waals surface area contributed by atoms with Crippen LogP contribution in [-0.4, -0.2) is 62.4 Å². The number of amides is 1. The molecule has 1 atom stereocenters. The van der Waals surface area contributed by atoms with Gasteiger partial charge < -0.3 is 15.4 Å². The molecule has 1 unspecified atom stereocenters. The Kier molecular flexibility index (Phi) is 7.28. The predicted molar refractivity (Wildman–Crippen MR) is 93.3 cm³/mol. The third-order valence-corrected chi connectivity index (χ3v) is 4.38. The summed E-state index contributed by atoms with van der Waals surface area (Å²) in [5.74, 6) is 0.233. The average molecular weight is 373 g/mol. The SMILES string of the molecule is Cc1ccc(OCCC(=O)NCC(N2CCNCC2)C(F)(F)F)c(C)c1. The van der Waals surface area contributed by atoms with E-state index in [0.29, 0.717) is 31.9 Å². The number of aryl methyl sites for hydroxylation is 2. The fourth-order valence-electron chi connectivity index (χ4n) is 2.96. The molecular formula is C18H26F3N3O2. The van der Waals surface area contributed by atoms with Crippen LogP contribution in [0, 0.1) is 13.8 Å². The number of nitrogens with zero attached hydrogens (tertiary/aromatic N) is 1. The molecule has 1 aliphatic heterocycles. The van der Waals surface area contributed by atoms with Crippen molar-refractivity contribution in [3.63, 3.8) is 0 Å². The second-order valence-corrected chi connectivity index (χ2v) is 6.51. The third kappa shape index (κ3) is 6.17. The van der Waals surface area contributed by atoms with Gasteiger partial charge in [-0.1, -0.05) is 17.7 Å². The molecule has 1 saturated heterocycles. The van der Waals surface area contributed by atoms with Gasteiger partial charge >= 0.3 is 6.18 Å². The summed E-state index contributed by atoms with van der Waals surface area (Å²) in [4.78, 5) is 13.3. The highest BCUT2D eigenvalue weighted by Crippen LogP contribution is 2.24. The van der Waals surface area contributed by atoms with E-state index in [1.165, 1.54) is 4.90 Å². The topological polar surface area (TPSA) is 53.6 Å². The van der Waals surface area contributed by atoms with Crippen LogP contribution < -0.4 is 15.4 Å². The van der Waals surface area contributed by atoms with Gasteiger partial charge in [0, 0.05) is 32.7 Å². The van der Waals surface area contributed by atoms with Crippen LogP contribution in [0.5, 0.6) is 5.75 Å². The molecular weight excluding hydrogens is 347 g/mol. The van der Waals surface area contributed by atoms with Crippen LogP contribution in [0.1, 0.15) is 17.5 Å². The van der Waals surface area contributed by atoms with Crippen molar-refractivity contribution in [2.75, 3.05) is 39.3 Å². The number of halogens is 3. The van der Waals surface area contributed by atoms with Crippen molar-refractivity contribution in [1.29, 1.82) is 0 Å². The van der Waals surface area contributed by atoms with Crippen molar-refractivity contribution in [2.24, 2.45) is 0 Å². The maximum Gasteiger partial charge on any atom is 0.405 e. The lowest BCUT2D eigenvalue weighted by Gasteiger charge is -2.35. The van der Waals surface area contributed by atoms with Crippen LogP contribution in [0.4, 0.5) is 13.2 Å². The second-order valence-electron chi connectivity index (χ2n) is 6.51. The van der Waals surface area contributed by atoms with Gasteiger partial charge in [-0.25, -0.2) is 0 Å². The summed E-state index contributed by atoms with van der Waals surface area (Å²) < 4.78 is 45.4. The van der Waals surface area contributed by atoms with Gasteiger partial charge in [-0.15, -0.1) is 0 Å². The average Bonchev–Trinajstić information content (AvgIpc) is 2.57. The first-order valence-corrected chi connectivity index (χ1v) is 8.75. The van der Waals surface area contributed by atoms with E-state index in [0.717, 1.165) is 11.1 Å². The largest absolute Gasteiger partial charge is 0.493 e. The maximum absolute atomic E-state index is 13.3. The van der Waals surface area contributed by atoms with Crippen LogP contribution in [-0.2, 0) is 4.79 Å². The molecule has 2 rings (SSSR count). The molecule has 1 heterocycles. The number of benzene rings is 1. The number of rotatable bonds is 7. The molecule has 1 aliphatic rings. The molecule has 0 bridgehead atoms. The Balaban J connectivity index is 1.78. The molecule has 1 aromatic carbocycles. The number of carbonyl (C=O) groups excluding carboxylic acids is 1. The number of ether oxygens (including phenoxy) is 1. The summed E-state index contributed by atoms with van der Waals surface area (Å²) in [6.45, 7) is 5.23. The first-order chi connectivity index (χ1) is 12.3. The number of nitrogens with one attached hydrogen (secondary N) is 2. The summed E-state index contributed by atoms with van der Waals surface area (Å²) in [7, 11) is 0. The minimum absolute atomic E-state index is 0.0133. The normalized spacial score (nSPS) is 17.0. The number of alkyl halides is 3. The molecule has 1 aromatic rings. The van der Waals surface area contributed by atoms with Gasteiger partial charge in [0.2, 0.25) is 5.91 Å². The molecule has 2 N–H and O–H groups in total. The van der Waals surface area contributed by atoms with E-state index in [-0.39, 0.29) is 13.0 Å². The highest BCUT2D eigenvalue weighted by molar-refractivity contribution is 5.76. The quantitative estimate of drug-likeness (QED) is 0.768. The molecule has 0 spiro atoms. The van der Waals surface area contributed by atoms with Gasteiger partial charge in [0.05, 0.1) is 13.0 Å². The van der Waals surface area contributed by atoms with Crippen molar-refractivity contribution >= 4 is 5.91 Å². The smallest absolute Gasteiger partial charge is 0.405 e. The minimum atomic E-state index is -4.37. The van der Waals surface area contributed by atoms with Crippen molar-refractivity contribution in [1.82, 2.24) is 15.5 Å². The minimum Gasteiger partial charge on any atom is -0.493 e. The Morgan fingerprint density at radius 1 is 1.31 bits per heavy atom. The zero-order valence-corrected chi connectivity index (χ0v) is 15.2. The van der Waals surface area contributed by atoms with E-state index < -0.39 is 24.7 Å². The van der Waals surface area contributed by atoms with E-state index in [1.807, 2.05) is 32.0 Å². The van der Waals surface area contributed by atoms with Crippen LogP contribution in [0.15, 0.2) is 18.2 Å². The summed E-state index contributed by atoms with van der Waals surface area (Å²) >= 11 is 0. The second kappa shape index (κ2) is 9.23. The zero-order valence-electron chi connectivity index (χ0n) is 15.2. The lowest BCUT2D eigenvalue weighted by Crippen LogP contribution is -2.57. The molecule has 8 heteroatoms. The first-order valence-electron chi connectivity index (χ1n) is 8.75. The summed E-state index contributed by atoms with van der Waals surface area (Å²) in [5.41, 5.74) is 2.07. The fraction of sp³-hybridized carbons (Fsp3) is 0.611. The molecule has 1 fully saturated rings. The maximum atomic E-state index is 13.3. The lowest BCUT2D eigenvalue weighted by molar-refractivity contribution is -0.184. The molecule has 0 saturated carbocycles. The fourth-order valence-corrected chi connectivity index (χ4v) is 2.96. The predicted octanol–water partition coefficient (Wildman–Crippen LogP) is 2.02. The molecule has 0 aromatic heterocycles. The molecule has 0 aliphatic carbocycles. The summed E-state index contributed by atoms with van der Waals surface area (Å²) in [6, 6.07) is 4.04. The highest BCUT2D eigenvalue weighted by atomic mass is 19.4. The Labute approximate surface area is 151 Å². The monoisotopic (exact) mass is 373 g/mol. The highest BCUT2D eigenvalue weighted by Gasteiger charge is 2.43. The van der Waals surface area contributed by atoms with Crippen LogP contribution in [0.2, 0.25) is 0 Å². The van der Waals surface area contributed by atoms with Gasteiger partial charge in [0.1, 0.15) is 11.8 Å². The summed E-state index contributed by atoms with van der Waals surface area (Å²) in [6.07, 6.45) is -4.36. The van der Waals surface area contributed by atoms with Gasteiger partial charge in [-0.2, -0.15) is 13.2 Å². The number of carbonyl (C=O) groups is 1. The van der Waals surface area contributed by atoms with Crippen molar-refractivity contribution in [3.8, 4) is 5.75 Å². The van der Waals surface area contributed by atoms with E-state index >= 15 is 0 Å². The Morgan fingerprint density at radius 2 is 2.00 bits per heavy atom. The Bertz CT molecular complexity index is 602. The van der Waals surface area contributed by atoms with E-state index in [4.69, 9.17) is 4.74 Å². The van der Waals surface area contributed by atoms with E-state index in [2.05, 4.69) is 10.6 Å². The summed E-state index contributed by atoms with van der Waals surface area (Å²) in [5, 5.41) is 5.42. The lowest BCUT2D eigenvalue weighted by atomic mass is 10.1. The van der Waals surface area contributed by atoms with Gasteiger partial charge in [0.15, 0.2) is 0 Å². The zero-order chi connectivity index (χ0) is 19.2. The van der Waals surface area contributed by atoms with Gasteiger partial charge in [0.25, 0.3) is 0 Å². The van der Waals surface area contributed by atoms with Crippen molar-refractivity contribution < 1.29 is 22.7 Å². The third-order valence-electron chi connectivity index (χ3n) is 4.38. The first kappa shape index (κ1) is 20.5. The van der Waals surface area contributed by atoms with Crippen LogP contribution in [0.25, 0.3) is 0 Å². The van der Waals surface area contributed by atoms with Crippen LogP contribution >= 0.6 is 0 Å². The molecule has 1 amide bonds. The molecule has 26 heavy (non-hydrogen) atoms. The van der Waals surface area contributed by atoms with E-state index in [9.17, 15) is 18.0 Å². The number of piperazine rings is 1. The Morgan fingerprint density at radius 3 is 2.62 bits per heavy atom. The van der Waals surface area contributed by atoms with E-state index in [1.54, 1.807) is 0 Å². The van der Waals surface area contributed by atoms with Crippen LogP contribution in [0.3, 0.4) is 0 Å². The Hall–Kier alpha value is -1.80. The van der Waals surface area contributed by atoms with Gasteiger partial charge in [-0.3, -0.25) is 9.69 Å². The standard InChI is InChI=1S/C18H26F3N3O2/c1-13-3-4-15(14(2)11-13)26-10-5-17(25)23-12-16(18(19,20)21)24-8-6-22-7-9-24/h3-4,11,16,22H,5-10,12H2,1-2H3,(H,23,25). The number of hydrogen-bond donors (Lipinski definition) is 2. The number of hydrogen-bond acceptors (Lipinski definition) is 4. The van der Waals surface area contributed by atoms with Crippen molar-refractivity contribution in [2.45, 2.75) is 32.5 Å². The molecule has 5 nitrogen and oxygen atoms in total.